The molecule has 0 atom stereocenters. The Balaban J connectivity index is 2.49. The molecule has 1 saturated carbocycles. The predicted molar refractivity (Wildman–Crippen MR) is 71.1 cm³/mol. The van der Waals surface area contributed by atoms with E-state index in [2.05, 4.69) is 4.98 Å². The summed E-state index contributed by atoms with van der Waals surface area (Å²) in [6.45, 7) is 4.00. The van der Waals surface area contributed by atoms with Gasteiger partial charge in [-0.1, -0.05) is 6.07 Å². The third kappa shape index (κ3) is 1.63. The van der Waals surface area contributed by atoms with Gasteiger partial charge in [0, 0.05) is 6.04 Å². The molecule has 1 aromatic carbocycles. The summed E-state index contributed by atoms with van der Waals surface area (Å²) >= 11 is 5.28. The topological polar surface area (TPSA) is 37.8 Å². The molecule has 1 aliphatic carbocycles. The van der Waals surface area contributed by atoms with E-state index in [9.17, 15) is 4.79 Å². The Morgan fingerprint density at radius 2 is 2.06 bits per heavy atom. The zero-order valence-corrected chi connectivity index (χ0v) is 10.7. The molecule has 1 aliphatic rings. The smallest absolute Gasteiger partial charge is 0.262 e. The van der Waals surface area contributed by atoms with Crippen molar-refractivity contribution in [3.63, 3.8) is 0 Å². The summed E-state index contributed by atoms with van der Waals surface area (Å²) in [6.07, 6.45) is 2.13. The molecule has 0 bridgehead atoms. The minimum Gasteiger partial charge on any atom is -0.332 e. The average molecular weight is 246 g/mol. The van der Waals surface area contributed by atoms with Crippen molar-refractivity contribution in [2.24, 2.45) is 0 Å². The van der Waals surface area contributed by atoms with E-state index in [1.54, 1.807) is 4.57 Å². The minimum absolute atomic E-state index is 0.0590. The van der Waals surface area contributed by atoms with Crippen molar-refractivity contribution >= 4 is 23.1 Å². The van der Waals surface area contributed by atoms with Gasteiger partial charge in [-0.15, -0.1) is 0 Å². The van der Waals surface area contributed by atoms with Crippen LogP contribution in [0.15, 0.2) is 16.9 Å². The van der Waals surface area contributed by atoms with Crippen molar-refractivity contribution < 1.29 is 0 Å². The number of benzene rings is 1. The highest BCUT2D eigenvalue weighted by Crippen LogP contribution is 2.34. The molecule has 3 rings (SSSR count). The van der Waals surface area contributed by atoms with E-state index in [4.69, 9.17) is 12.2 Å². The molecule has 88 valence electrons. The lowest BCUT2D eigenvalue weighted by Gasteiger charge is -2.09. The van der Waals surface area contributed by atoms with E-state index in [-0.39, 0.29) is 5.56 Å². The molecule has 1 fully saturated rings. The van der Waals surface area contributed by atoms with Crippen molar-refractivity contribution in [1.29, 1.82) is 0 Å². The lowest BCUT2D eigenvalue weighted by Crippen LogP contribution is -2.21. The Bertz CT molecular complexity index is 723. The summed E-state index contributed by atoms with van der Waals surface area (Å²) in [5, 5.41) is 0.774. The molecule has 0 amide bonds. The maximum absolute atomic E-state index is 12.4. The van der Waals surface area contributed by atoms with Crippen LogP contribution in [0, 0.1) is 18.6 Å². The van der Waals surface area contributed by atoms with Gasteiger partial charge in [-0.2, -0.15) is 0 Å². The Kier molecular flexibility index (Phi) is 2.23. The van der Waals surface area contributed by atoms with Crippen molar-refractivity contribution in [3.8, 4) is 0 Å². The van der Waals surface area contributed by atoms with Gasteiger partial charge < -0.3 is 4.98 Å². The van der Waals surface area contributed by atoms with Gasteiger partial charge in [0.1, 0.15) is 0 Å². The van der Waals surface area contributed by atoms with Gasteiger partial charge in [-0.05, 0) is 56.1 Å². The first kappa shape index (κ1) is 10.7. The Hall–Kier alpha value is -1.42. The number of H-pyrrole nitrogens is 1. The summed E-state index contributed by atoms with van der Waals surface area (Å²) < 4.78 is 2.29. The van der Waals surface area contributed by atoms with Crippen LogP contribution in [0.2, 0.25) is 0 Å². The number of aryl methyl sites for hydroxylation is 2. The Morgan fingerprint density at radius 3 is 2.71 bits per heavy atom. The molecule has 17 heavy (non-hydrogen) atoms. The molecule has 0 saturated heterocycles. The van der Waals surface area contributed by atoms with E-state index >= 15 is 0 Å². The van der Waals surface area contributed by atoms with Crippen LogP contribution in [-0.4, -0.2) is 9.55 Å². The number of aromatic nitrogens is 2. The Morgan fingerprint density at radius 1 is 1.35 bits per heavy atom. The molecule has 3 nitrogen and oxygen atoms in total. The van der Waals surface area contributed by atoms with E-state index < -0.39 is 0 Å². The molecular formula is C13H14N2OS. The quantitative estimate of drug-likeness (QED) is 0.785. The van der Waals surface area contributed by atoms with E-state index in [1.807, 2.05) is 26.0 Å². The maximum Gasteiger partial charge on any atom is 0.262 e. The molecule has 0 aliphatic heterocycles. The normalized spacial score (nSPS) is 15.4. The van der Waals surface area contributed by atoms with Crippen molar-refractivity contribution in [3.05, 3.63) is 38.4 Å². The van der Waals surface area contributed by atoms with Crippen molar-refractivity contribution in [2.75, 3.05) is 0 Å². The second-order valence-corrected chi connectivity index (χ2v) is 5.23. The molecule has 1 heterocycles. The van der Waals surface area contributed by atoms with Gasteiger partial charge in [0.05, 0.1) is 10.9 Å². The number of nitrogens with one attached hydrogen (secondary N) is 1. The first-order chi connectivity index (χ1) is 8.08. The van der Waals surface area contributed by atoms with Gasteiger partial charge in [0.15, 0.2) is 4.77 Å². The third-order valence-corrected chi connectivity index (χ3v) is 3.58. The standard InChI is InChI=1S/C13H14N2OS/c1-7-5-8(2)11-10(6-7)14-13(17)15(12(11)16)9-3-4-9/h5-6,9H,3-4H2,1-2H3,(H,14,17). The summed E-state index contributed by atoms with van der Waals surface area (Å²) in [5.74, 6) is 0. The highest BCUT2D eigenvalue weighted by molar-refractivity contribution is 7.71. The largest absolute Gasteiger partial charge is 0.332 e. The molecule has 0 spiro atoms. The van der Waals surface area contributed by atoms with Crippen LogP contribution < -0.4 is 5.56 Å². The molecule has 0 unspecified atom stereocenters. The molecule has 1 N–H and O–H groups in total. The summed E-state index contributed by atoms with van der Waals surface area (Å²) in [7, 11) is 0. The first-order valence-electron chi connectivity index (χ1n) is 5.83. The summed E-state index contributed by atoms with van der Waals surface area (Å²) in [6, 6.07) is 4.34. The zero-order chi connectivity index (χ0) is 12.2. The molecule has 0 radical (unpaired) electrons. The van der Waals surface area contributed by atoms with Gasteiger partial charge in [0.25, 0.3) is 5.56 Å². The fraction of sp³-hybridized carbons (Fsp3) is 0.385. The lowest BCUT2D eigenvalue weighted by atomic mass is 10.1. The molecule has 1 aromatic heterocycles. The second kappa shape index (κ2) is 3.53. The highest BCUT2D eigenvalue weighted by Gasteiger charge is 2.26. The van der Waals surface area contributed by atoms with Crippen LogP contribution >= 0.6 is 12.2 Å². The number of aromatic amines is 1. The first-order valence-corrected chi connectivity index (χ1v) is 6.24. The molecule has 4 heteroatoms. The highest BCUT2D eigenvalue weighted by atomic mass is 32.1. The number of hydrogen-bond donors (Lipinski definition) is 1. The fourth-order valence-corrected chi connectivity index (χ4v) is 2.74. The fourth-order valence-electron chi connectivity index (χ4n) is 2.40. The van der Waals surface area contributed by atoms with E-state index in [0.29, 0.717) is 10.8 Å². The lowest BCUT2D eigenvalue weighted by molar-refractivity contribution is 0.685. The van der Waals surface area contributed by atoms with Crippen LogP contribution in [0.25, 0.3) is 10.9 Å². The summed E-state index contributed by atoms with van der Waals surface area (Å²) in [5.41, 5.74) is 3.08. The monoisotopic (exact) mass is 246 g/mol. The van der Waals surface area contributed by atoms with Gasteiger partial charge in [-0.25, -0.2) is 0 Å². The number of hydrogen-bond acceptors (Lipinski definition) is 2. The van der Waals surface area contributed by atoms with Gasteiger partial charge in [-0.3, -0.25) is 9.36 Å². The SMILES string of the molecule is Cc1cc(C)c2c(=O)n(C3CC3)c(=S)[nH]c2c1. The maximum atomic E-state index is 12.4. The van der Waals surface area contributed by atoms with Crippen LogP contribution in [0.1, 0.15) is 30.0 Å². The second-order valence-electron chi connectivity index (χ2n) is 4.84. The van der Waals surface area contributed by atoms with Gasteiger partial charge in [0.2, 0.25) is 0 Å². The average Bonchev–Trinajstić information content (AvgIpc) is 2.99. The van der Waals surface area contributed by atoms with Crippen LogP contribution in [0.3, 0.4) is 0 Å². The van der Waals surface area contributed by atoms with Crippen molar-refractivity contribution in [2.45, 2.75) is 32.7 Å². The molecular weight excluding hydrogens is 232 g/mol. The number of nitrogens with zero attached hydrogens (tertiary/aromatic N) is 1. The Labute approximate surface area is 104 Å². The molecule has 2 aromatic rings. The number of rotatable bonds is 1. The van der Waals surface area contributed by atoms with E-state index in [1.165, 1.54) is 0 Å². The van der Waals surface area contributed by atoms with Crippen molar-refractivity contribution in [1.82, 2.24) is 9.55 Å². The number of fused-ring (bicyclic) bond motifs is 1. The predicted octanol–water partition coefficient (Wildman–Crippen LogP) is 3.01. The van der Waals surface area contributed by atoms with Crippen LogP contribution in [-0.2, 0) is 0 Å². The van der Waals surface area contributed by atoms with Gasteiger partial charge >= 0.3 is 0 Å². The van der Waals surface area contributed by atoms with Crippen LogP contribution in [0.4, 0.5) is 0 Å². The zero-order valence-electron chi connectivity index (χ0n) is 9.91. The van der Waals surface area contributed by atoms with E-state index in [0.717, 1.165) is 34.9 Å². The minimum atomic E-state index is 0.0590. The third-order valence-electron chi connectivity index (χ3n) is 3.28. The van der Waals surface area contributed by atoms with Crippen LogP contribution in [0.5, 0.6) is 0 Å². The summed E-state index contributed by atoms with van der Waals surface area (Å²) in [4.78, 5) is 15.6.